The predicted molar refractivity (Wildman–Crippen MR) is 61.4 cm³/mol. The lowest BCUT2D eigenvalue weighted by molar-refractivity contribution is 0.121. The molecule has 0 spiro atoms. The highest BCUT2D eigenvalue weighted by Crippen LogP contribution is 2.49. The molecule has 1 unspecified atom stereocenters. The van der Waals surface area contributed by atoms with Crippen molar-refractivity contribution in [3.8, 4) is 0 Å². The van der Waals surface area contributed by atoms with Gasteiger partial charge < -0.3 is 0 Å². The summed E-state index contributed by atoms with van der Waals surface area (Å²) >= 11 is 5.93. The topological polar surface area (TPSA) is 44.8 Å². The van der Waals surface area contributed by atoms with Crippen molar-refractivity contribution in [3.05, 3.63) is 0 Å². The highest BCUT2D eigenvalue weighted by molar-refractivity contribution is 7.48. The Labute approximate surface area is 96.9 Å². The Morgan fingerprint density at radius 3 is 2.07 bits per heavy atom. The van der Waals surface area contributed by atoms with E-state index in [0.717, 1.165) is 12.8 Å². The van der Waals surface area contributed by atoms with Gasteiger partial charge in [0.05, 0.1) is 25.2 Å². The van der Waals surface area contributed by atoms with E-state index in [1.807, 2.05) is 6.92 Å². The van der Waals surface area contributed by atoms with Crippen molar-refractivity contribution in [1.82, 2.24) is 0 Å². The molecule has 0 rings (SSSR count). The molecule has 6 heteroatoms. The smallest absolute Gasteiger partial charge is 0.287 e. The minimum Gasteiger partial charge on any atom is -0.287 e. The van der Waals surface area contributed by atoms with Gasteiger partial charge in [-0.3, -0.25) is 13.6 Å². The number of hydrogen-bond acceptors (Lipinski definition) is 4. The van der Waals surface area contributed by atoms with Crippen LogP contribution >= 0.6 is 19.4 Å². The van der Waals surface area contributed by atoms with Crippen LogP contribution in [0.4, 0.5) is 0 Å². The molecule has 92 valence electrons. The summed E-state index contributed by atoms with van der Waals surface area (Å²) in [5.41, 5.74) is 0. The van der Waals surface area contributed by atoms with Gasteiger partial charge in [-0.15, -0.1) is 11.6 Å². The van der Waals surface area contributed by atoms with Crippen LogP contribution in [0.2, 0.25) is 0 Å². The van der Waals surface area contributed by atoms with Gasteiger partial charge in [-0.2, -0.15) is 0 Å². The standard InChI is InChI=1S/C9H20ClO4P/c1-4-7-9(10)8-14-15(11,12-5-2)13-6-3/h9H,4-8H2,1-3H3. The molecule has 0 aromatic rings. The second-order valence-corrected chi connectivity index (χ2v) is 5.25. The fourth-order valence-corrected chi connectivity index (χ4v) is 2.58. The largest absolute Gasteiger partial charge is 0.474 e. The SMILES string of the molecule is CCCC(Cl)COP(=O)(OCC)OCC. The van der Waals surface area contributed by atoms with Crippen LogP contribution in [-0.2, 0) is 18.1 Å². The molecule has 15 heavy (non-hydrogen) atoms. The number of phosphoric ester groups is 1. The van der Waals surface area contributed by atoms with Crippen LogP contribution < -0.4 is 0 Å². The fraction of sp³-hybridized carbons (Fsp3) is 1.00. The summed E-state index contributed by atoms with van der Waals surface area (Å²) in [6.45, 7) is 6.27. The predicted octanol–water partition coefficient (Wildman–Crippen LogP) is 3.59. The van der Waals surface area contributed by atoms with Crippen LogP contribution in [0.25, 0.3) is 0 Å². The van der Waals surface area contributed by atoms with Crippen molar-refractivity contribution < 1.29 is 18.1 Å². The van der Waals surface area contributed by atoms with Crippen molar-refractivity contribution in [1.29, 1.82) is 0 Å². The lowest BCUT2D eigenvalue weighted by Crippen LogP contribution is -2.10. The molecular weight excluding hydrogens is 239 g/mol. The first kappa shape index (κ1) is 15.4. The quantitative estimate of drug-likeness (QED) is 0.468. The van der Waals surface area contributed by atoms with Gasteiger partial charge in [0.1, 0.15) is 0 Å². The number of halogens is 1. The van der Waals surface area contributed by atoms with Gasteiger partial charge >= 0.3 is 7.82 Å². The maximum Gasteiger partial charge on any atom is 0.474 e. The van der Waals surface area contributed by atoms with Gasteiger partial charge in [-0.25, -0.2) is 4.57 Å². The van der Waals surface area contributed by atoms with E-state index in [1.54, 1.807) is 13.8 Å². The number of hydrogen-bond donors (Lipinski definition) is 0. The Morgan fingerprint density at radius 1 is 1.13 bits per heavy atom. The first-order valence-corrected chi connectivity index (χ1v) is 7.15. The molecule has 0 saturated heterocycles. The highest BCUT2D eigenvalue weighted by Gasteiger charge is 2.26. The summed E-state index contributed by atoms with van der Waals surface area (Å²) < 4.78 is 26.8. The Morgan fingerprint density at radius 2 is 1.67 bits per heavy atom. The summed E-state index contributed by atoms with van der Waals surface area (Å²) in [5, 5.41) is -0.149. The molecular formula is C9H20ClO4P. The molecule has 4 nitrogen and oxygen atoms in total. The Kier molecular flexibility index (Phi) is 8.77. The van der Waals surface area contributed by atoms with Crippen molar-refractivity contribution in [2.45, 2.75) is 39.0 Å². The maximum atomic E-state index is 11.8. The van der Waals surface area contributed by atoms with Gasteiger partial charge in [0.2, 0.25) is 0 Å². The van der Waals surface area contributed by atoms with E-state index in [9.17, 15) is 4.57 Å². The van der Waals surface area contributed by atoms with Crippen molar-refractivity contribution in [2.24, 2.45) is 0 Å². The molecule has 0 radical (unpaired) electrons. The first-order valence-electron chi connectivity index (χ1n) is 5.25. The van der Waals surface area contributed by atoms with E-state index in [4.69, 9.17) is 25.2 Å². The van der Waals surface area contributed by atoms with Gasteiger partial charge in [-0.05, 0) is 20.3 Å². The lowest BCUT2D eigenvalue weighted by atomic mass is 10.3. The summed E-state index contributed by atoms with van der Waals surface area (Å²) in [4.78, 5) is 0. The monoisotopic (exact) mass is 258 g/mol. The molecule has 0 bridgehead atoms. The molecule has 0 aromatic carbocycles. The van der Waals surface area contributed by atoms with Crippen molar-refractivity contribution in [3.63, 3.8) is 0 Å². The Balaban J connectivity index is 4.00. The lowest BCUT2D eigenvalue weighted by Gasteiger charge is -2.17. The number of phosphoric acid groups is 1. The molecule has 0 amide bonds. The van der Waals surface area contributed by atoms with Crippen LogP contribution in [0.1, 0.15) is 33.6 Å². The zero-order valence-electron chi connectivity index (χ0n) is 9.57. The third-order valence-electron chi connectivity index (χ3n) is 1.59. The van der Waals surface area contributed by atoms with Crippen LogP contribution in [0.15, 0.2) is 0 Å². The summed E-state index contributed by atoms with van der Waals surface area (Å²) in [6.07, 6.45) is 1.78. The average molecular weight is 259 g/mol. The minimum atomic E-state index is -3.38. The summed E-state index contributed by atoms with van der Waals surface area (Å²) in [7, 11) is -3.38. The molecule has 0 aliphatic carbocycles. The van der Waals surface area contributed by atoms with Gasteiger partial charge in [0.15, 0.2) is 0 Å². The second-order valence-electron chi connectivity index (χ2n) is 2.96. The normalized spacial score (nSPS) is 14.1. The Hall–Kier alpha value is 0.400. The molecule has 0 N–H and O–H groups in total. The third kappa shape index (κ3) is 7.31. The molecule has 0 aromatic heterocycles. The Bertz CT molecular complexity index is 191. The molecule has 1 atom stereocenters. The third-order valence-corrected chi connectivity index (χ3v) is 3.55. The van der Waals surface area contributed by atoms with E-state index in [1.165, 1.54) is 0 Å². The summed E-state index contributed by atoms with van der Waals surface area (Å²) in [6, 6.07) is 0. The summed E-state index contributed by atoms with van der Waals surface area (Å²) in [5.74, 6) is 0. The highest BCUT2D eigenvalue weighted by atomic mass is 35.5. The maximum absolute atomic E-state index is 11.8. The van der Waals surface area contributed by atoms with Crippen LogP contribution in [0, 0.1) is 0 Å². The van der Waals surface area contributed by atoms with Gasteiger partial charge in [-0.1, -0.05) is 13.3 Å². The van der Waals surface area contributed by atoms with Crippen molar-refractivity contribution in [2.75, 3.05) is 19.8 Å². The molecule has 0 heterocycles. The van der Waals surface area contributed by atoms with E-state index in [0.29, 0.717) is 0 Å². The fourth-order valence-electron chi connectivity index (χ4n) is 0.997. The van der Waals surface area contributed by atoms with Crippen LogP contribution in [0.3, 0.4) is 0 Å². The number of rotatable bonds is 9. The van der Waals surface area contributed by atoms with Crippen LogP contribution in [-0.4, -0.2) is 25.2 Å². The van der Waals surface area contributed by atoms with E-state index in [2.05, 4.69) is 0 Å². The zero-order valence-corrected chi connectivity index (χ0v) is 11.2. The average Bonchev–Trinajstić information content (AvgIpc) is 2.16. The molecule has 0 fully saturated rings. The van der Waals surface area contributed by atoms with E-state index >= 15 is 0 Å². The zero-order chi connectivity index (χ0) is 11.7. The molecule has 0 aliphatic heterocycles. The van der Waals surface area contributed by atoms with Crippen LogP contribution in [0.5, 0.6) is 0 Å². The van der Waals surface area contributed by atoms with Gasteiger partial charge in [0, 0.05) is 0 Å². The van der Waals surface area contributed by atoms with Crippen molar-refractivity contribution >= 4 is 19.4 Å². The second kappa shape index (κ2) is 8.54. The molecule has 0 saturated carbocycles. The number of alkyl halides is 1. The first-order chi connectivity index (χ1) is 7.08. The minimum absolute atomic E-state index is 0.149. The molecule has 0 aliphatic rings. The van der Waals surface area contributed by atoms with E-state index in [-0.39, 0.29) is 25.2 Å². The van der Waals surface area contributed by atoms with Gasteiger partial charge in [0.25, 0.3) is 0 Å². The van der Waals surface area contributed by atoms with E-state index < -0.39 is 7.82 Å².